The van der Waals surface area contributed by atoms with Gasteiger partial charge < -0.3 is 23.7 Å². The van der Waals surface area contributed by atoms with Crippen LogP contribution in [0.25, 0.3) is 0 Å². The Kier molecular flexibility index (Phi) is 7.36. The lowest BCUT2D eigenvalue weighted by atomic mass is 9.67. The highest BCUT2D eigenvalue weighted by molar-refractivity contribution is 9.10. The molecule has 0 aromatic heterocycles. The SMILES string of the molecule is COC(=O)C1(C(=O)OC)C[C@@H](c2cccc(Br)c2)[C@@]2(C(=O)OC)C[C@@H](c3cccc(Br)c3)O[C@@]12OC. The van der Waals surface area contributed by atoms with Crippen LogP contribution in [0, 0.1) is 10.8 Å². The maximum atomic E-state index is 13.9. The second-order valence-electron chi connectivity index (χ2n) is 8.85. The molecule has 0 N–H and O–H groups in total. The molecule has 4 atom stereocenters. The highest BCUT2D eigenvalue weighted by Crippen LogP contribution is 2.73. The van der Waals surface area contributed by atoms with Crippen molar-refractivity contribution in [1.29, 1.82) is 0 Å². The summed E-state index contributed by atoms with van der Waals surface area (Å²) in [6.07, 6.45) is -0.793. The van der Waals surface area contributed by atoms with Crippen LogP contribution in [0.5, 0.6) is 0 Å². The van der Waals surface area contributed by atoms with Crippen molar-refractivity contribution in [2.75, 3.05) is 28.4 Å². The third-order valence-electron chi connectivity index (χ3n) is 7.45. The van der Waals surface area contributed by atoms with Gasteiger partial charge in [-0.1, -0.05) is 56.1 Å². The van der Waals surface area contributed by atoms with Gasteiger partial charge in [0.1, 0.15) is 5.41 Å². The van der Waals surface area contributed by atoms with E-state index in [1.165, 1.54) is 28.4 Å². The number of methoxy groups -OCH3 is 4. The second kappa shape index (κ2) is 9.89. The molecule has 1 saturated heterocycles. The van der Waals surface area contributed by atoms with Crippen molar-refractivity contribution >= 4 is 49.8 Å². The average Bonchev–Trinajstić information content (AvgIpc) is 3.37. The molecule has 2 fully saturated rings. The molecule has 2 aliphatic rings. The Balaban J connectivity index is 2.08. The summed E-state index contributed by atoms with van der Waals surface area (Å²) in [7, 11) is 4.91. The molecule has 8 nitrogen and oxygen atoms in total. The minimum absolute atomic E-state index is 0.0802. The summed E-state index contributed by atoms with van der Waals surface area (Å²) in [5.74, 6) is -5.32. The summed E-state index contributed by atoms with van der Waals surface area (Å²) < 4.78 is 29.8. The van der Waals surface area contributed by atoms with E-state index in [1.54, 1.807) is 0 Å². The molecule has 1 aliphatic carbocycles. The van der Waals surface area contributed by atoms with Gasteiger partial charge in [-0.25, -0.2) is 0 Å². The molecule has 1 saturated carbocycles. The molecule has 192 valence electrons. The van der Waals surface area contributed by atoms with E-state index in [0.717, 1.165) is 14.5 Å². The van der Waals surface area contributed by atoms with E-state index in [9.17, 15) is 14.4 Å². The normalized spacial score (nSPS) is 28.3. The number of ether oxygens (including phenoxy) is 5. The fourth-order valence-electron chi connectivity index (χ4n) is 6.07. The van der Waals surface area contributed by atoms with Crippen LogP contribution >= 0.6 is 31.9 Å². The molecule has 1 heterocycles. The van der Waals surface area contributed by atoms with Gasteiger partial charge in [-0.05, 0) is 48.2 Å². The van der Waals surface area contributed by atoms with Crippen molar-refractivity contribution in [2.24, 2.45) is 10.8 Å². The first-order valence-corrected chi connectivity index (χ1v) is 12.7. The Morgan fingerprint density at radius 3 is 1.83 bits per heavy atom. The number of hydrogen-bond donors (Lipinski definition) is 0. The third-order valence-corrected chi connectivity index (χ3v) is 8.43. The minimum atomic E-state index is -2.12. The van der Waals surface area contributed by atoms with Crippen LogP contribution in [0.4, 0.5) is 0 Å². The molecule has 0 radical (unpaired) electrons. The van der Waals surface area contributed by atoms with Gasteiger partial charge in [0.15, 0.2) is 0 Å². The highest BCUT2D eigenvalue weighted by atomic mass is 79.9. The average molecular weight is 626 g/mol. The molecule has 4 rings (SSSR count). The number of esters is 3. The molecule has 36 heavy (non-hydrogen) atoms. The fourth-order valence-corrected chi connectivity index (χ4v) is 6.91. The zero-order valence-corrected chi connectivity index (χ0v) is 23.4. The van der Waals surface area contributed by atoms with E-state index in [-0.39, 0.29) is 12.8 Å². The first-order valence-electron chi connectivity index (χ1n) is 11.2. The van der Waals surface area contributed by atoms with E-state index in [1.807, 2.05) is 48.5 Å². The molecular formula is C26H26Br2O8. The van der Waals surface area contributed by atoms with E-state index >= 15 is 0 Å². The molecule has 0 spiro atoms. The van der Waals surface area contributed by atoms with E-state index < -0.39 is 46.5 Å². The van der Waals surface area contributed by atoms with Crippen LogP contribution in [0.3, 0.4) is 0 Å². The van der Waals surface area contributed by atoms with Gasteiger partial charge >= 0.3 is 17.9 Å². The number of halogens is 2. The minimum Gasteiger partial charge on any atom is -0.468 e. The van der Waals surface area contributed by atoms with Gasteiger partial charge in [0, 0.05) is 22.0 Å². The van der Waals surface area contributed by atoms with Gasteiger partial charge in [-0.3, -0.25) is 14.4 Å². The Morgan fingerprint density at radius 2 is 1.33 bits per heavy atom. The number of benzene rings is 2. The van der Waals surface area contributed by atoms with Crippen molar-refractivity contribution in [2.45, 2.75) is 30.7 Å². The number of fused-ring (bicyclic) bond motifs is 1. The van der Waals surface area contributed by atoms with E-state index in [4.69, 9.17) is 23.7 Å². The standard InChI is InChI=1S/C26H26Br2O8/c1-32-21(29)24-14-20(16-8-6-10-18(28)12-16)36-26(24,35-4)25(22(30)33-2,23(31)34-3)13-19(24)15-7-5-9-17(27)11-15/h5-12,19-20H,13-14H2,1-4H3/t19-,20-,24+,26+/m0/s1. The first kappa shape index (κ1) is 26.8. The quantitative estimate of drug-likeness (QED) is 0.259. The molecule has 2 aromatic carbocycles. The van der Waals surface area contributed by atoms with E-state index in [0.29, 0.717) is 5.56 Å². The summed E-state index contributed by atoms with van der Waals surface area (Å²) in [6.45, 7) is 0. The monoisotopic (exact) mass is 624 g/mol. The van der Waals surface area contributed by atoms with Crippen LogP contribution in [-0.2, 0) is 38.1 Å². The molecule has 0 amide bonds. The zero-order valence-electron chi connectivity index (χ0n) is 20.2. The summed E-state index contributed by atoms with van der Waals surface area (Å²) in [5.41, 5.74) is -2.29. The number of rotatable bonds is 6. The number of carbonyl (C=O) groups is 3. The Hall–Kier alpha value is -2.27. The molecule has 10 heteroatoms. The summed E-state index contributed by atoms with van der Waals surface area (Å²) in [6, 6.07) is 14.7. The summed E-state index contributed by atoms with van der Waals surface area (Å²) in [5, 5.41) is 0. The topological polar surface area (TPSA) is 97.4 Å². The smallest absolute Gasteiger partial charge is 0.328 e. The van der Waals surface area contributed by atoms with Gasteiger partial charge in [0.05, 0.1) is 27.4 Å². The van der Waals surface area contributed by atoms with Crippen LogP contribution < -0.4 is 0 Å². The van der Waals surface area contributed by atoms with Gasteiger partial charge in [0.2, 0.25) is 11.2 Å². The Morgan fingerprint density at radius 1 is 0.806 bits per heavy atom. The van der Waals surface area contributed by atoms with Crippen LogP contribution in [-0.4, -0.2) is 52.1 Å². The lowest BCUT2D eigenvalue weighted by Gasteiger charge is -2.43. The second-order valence-corrected chi connectivity index (χ2v) is 10.7. The highest BCUT2D eigenvalue weighted by Gasteiger charge is 2.87. The van der Waals surface area contributed by atoms with Crippen molar-refractivity contribution in [3.8, 4) is 0 Å². The van der Waals surface area contributed by atoms with Crippen LogP contribution in [0.15, 0.2) is 57.5 Å². The van der Waals surface area contributed by atoms with Gasteiger partial charge in [0.25, 0.3) is 0 Å². The summed E-state index contributed by atoms with van der Waals surface area (Å²) in [4.78, 5) is 41.1. The lowest BCUT2D eigenvalue weighted by molar-refractivity contribution is -0.294. The van der Waals surface area contributed by atoms with Gasteiger partial charge in [-0.2, -0.15) is 0 Å². The molecule has 1 aliphatic heterocycles. The maximum absolute atomic E-state index is 13.9. The predicted octanol–water partition coefficient (Wildman–Crippen LogP) is 4.70. The Labute approximate surface area is 225 Å². The maximum Gasteiger partial charge on any atom is 0.328 e. The number of hydrogen-bond acceptors (Lipinski definition) is 8. The van der Waals surface area contributed by atoms with Crippen molar-refractivity contribution in [3.63, 3.8) is 0 Å². The van der Waals surface area contributed by atoms with Crippen molar-refractivity contribution in [3.05, 3.63) is 68.6 Å². The zero-order chi connectivity index (χ0) is 26.3. The first-order chi connectivity index (χ1) is 17.2. The van der Waals surface area contributed by atoms with Crippen LogP contribution in [0.1, 0.15) is 36.0 Å². The molecule has 2 aromatic rings. The van der Waals surface area contributed by atoms with Crippen molar-refractivity contribution < 1.29 is 38.1 Å². The van der Waals surface area contributed by atoms with Gasteiger partial charge in [-0.15, -0.1) is 0 Å². The lowest BCUT2D eigenvalue weighted by Crippen LogP contribution is -2.63. The summed E-state index contributed by atoms with van der Waals surface area (Å²) >= 11 is 6.96. The van der Waals surface area contributed by atoms with Crippen molar-refractivity contribution in [1.82, 2.24) is 0 Å². The molecular weight excluding hydrogens is 600 g/mol. The van der Waals surface area contributed by atoms with Crippen LogP contribution in [0.2, 0.25) is 0 Å². The fraction of sp³-hybridized carbons (Fsp3) is 0.423. The third kappa shape index (κ3) is 3.56. The van der Waals surface area contributed by atoms with E-state index in [2.05, 4.69) is 31.9 Å². The Bertz CT molecular complexity index is 1180. The largest absolute Gasteiger partial charge is 0.468 e. The number of carbonyl (C=O) groups excluding carboxylic acids is 3. The molecule has 0 bridgehead atoms. The predicted molar refractivity (Wildman–Crippen MR) is 135 cm³/mol. The molecule has 0 unspecified atom stereocenters.